The summed E-state index contributed by atoms with van der Waals surface area (Å²) in [5.41, 5.74) is -1.23. The van der Waals surface area contributed by atoms with Gasteiger partial charge in [-0.2, -0.15) is 0 Å². The van der Waals surface area contributed by atoms with Crippen molar-refractivity contribution in [2.75, 3.05) is 0 Å². The molecule has 1 heterocycles. The zero-order valence-electron chi connectivity index (χ0n) is 16.5. The minimum atomic E-state index is -1.07. The number of benzene rings is 3. The standard InChI is InChI=1S/C23H16BrN3O5/c24-17-9-11-20(32-13-16-6-3-5-14-4-1-2-7-18(14)16)15(12-17)8-10-19-21(27(30)31)22(28)26-23(29)25-19/h1-12H,13H2,(H2,25,26,28,29). The fourth-order valence-electron chi connectivity index (χ4n) is 3.33. The Morgan fingerprint density at radius 1 is 1.00 bits per heavy atom. The summed E-state index contributed by atoms with van der Waals surface area (Å²) in [6, 6.07) is 19.3. The van der Waals surface area contributed by atoms with E-state index in [2.05, 4.69) is 20.9 Å². The van der Waals surface area contributed by atoms with Gasteiger partial charge in [-0.3, -0.25) is 19.9 Å². The molecule has 0 bridgehead atoms. The predicted octanol–water partition coefficient (Wildman–Crippen LogP) is 4.64. The van der Waals surface area contributed by atoms with Crippen molar-refractivity contribution in [2.24, 2.45) is 0 Å². The van der Waals surface area contributed by atoms with E-state index in [4.69, 9.17) is 4.74 Å². The van der Waals surface area contributed by atoms with Crippen molar-refractivity contribution in [2.45, 2.75) is 6.61 Å². The number of nitro groups is 1. The van der Waals surface area contributed by atoms with Crippen molar-refractivity contribution in [3.05, 3.63) is 113 Å². The molecule has 3 aromatic carbocycles. The van der Waals surface area contributed by atoms with Crippen LogP contribution in [0.4, 0.5) is 5.69 Å². The second-order valence-electron chi connectivity index (χ2n) is 6.87. The van der Waals surface area contributed by atoms with Crippen LogP contribution in [0, 0.1) is 10.1 Å². The van der Waals surface area contributed by atoms with Crippen LogP contribution < -0.4 is 16.0 Å². The van der Waals surface area contributed by atoms with Crippen LogP contribution in [0.15, 0.2) is 74.7 Å². The van der Waals surface area contributed by atoms with E-state index in [0.29, 0.717) is 17.9 Å². The average Bonchev–Trinajstić information content (AvgIpc) is 2.76. The molecule has 0 aliphatic rings. The molecule has 1 aromatic heterocycles. The molecule has 0 saturated heterocycles. The average molecular weight is 494 g/mol. The summed E-state index contributed by atoms with van der Waals surface area (Å²) >= 11 is 3.40. The first-order valence-corrected chi connectivity index (χ1v) is 10.3. The number of nitrogens with zero attached hydrogens (tertiary/aromatic N) is 1. The molecule has 0 fully saturated rings. The maximum absolute atomic E-state index is 11.8. The normalized spacial score (nSPS) is 11.2. The van der Waals surface area contributed by atoms with Gasteiger partial charge in [-0.15, -0.1) is 0 Å². The van der Waals surface area contributed by atoms with Gasteiger partial charge in [-0.05, 0) is 46.7 Å². The maximum atomic E-state index is 11.8. The summed E-state index contributed by atoms with van der Waals surface area (Å²) < 4.78 is 6.82. The molecule has 0 spiro atoms. The lowest BCUT2D eigenvalue weighted by atomic mass is 10.1. The van der Waals surface area contributed by atoms with E-state index in [1.165, 1.54) is 6.08 Å². The van der Waals surface area contributed by atoms with E-state index >= 15 is 0 Å². The van der Waals surface area contributed by atoms with Crippen molar-refractivity contribution in [1.29, 1.82) is 0 Å². The summed E-state index contributed by atoms with van der Waals surface area (Å²) in [6.07, 6.45) is 2.85. The number of hydrogen-bond acceptors (Lipinski definition) is 5. The number of hydrogen-bond donors (Lipinski definition) is 2. The SMILES string of the molecule is O=c1[nH]c(C=Cc2cc(Br)ccc2OCc2cccc3ccccc23)c([N+](=O)[O-])c(=O)[nH]1. The van der Waals surface area contributed by atoms with Gasteiger partial charge < -0.3 is 9.72 Å². The minimum Gasteiger partial charge on any atom is -0.488 e. The molecule has 4 aromatic rings. The molecule has 0 aliphatic heterocycles. The van der Waals surface area contributed by atoms with Gasteiger partial charge in [0.05, 0.1) is 4.92 Å². The van der Waals surface area contributed by atoms with E-state index in [1.54, 1.807) is 18.2 Å². The molecule has 9 heteroatoms. The van der Waals surface area contributed by atoms with E-state index in [1.807, 2.05) is 53.5 Å². The van der Waals surface area contributed by atoms with Crippen molar-refractivity contribution >= 4 is 44.5 Å². The molecular weight excluding hydrogens is 478 g/mol. The number of aromatic nitrogens is 2. The lowest BCUT2D eigenvalue weighted by Gasteiger charge is -2.12. The Bertz CT molecular complexity index is 1470. The predicted molar refractivity (Wildman–Crippen MR) is 126 cm³/mol. The van der Waals surface area contributed by atoms with E-state index < -0.39 is 21.9 Å². The number of rotatable bonds is 6. The van der Waals surface area contributed by atoms with E-state index in [9.17, 15) is 19.7 Å². The Hall–Kier alpha value is -3.98. The molecule has 8 nitrogen and oxygen atoms in total. The van der Waals surface area contributed by atoms with Crippen LogP contribution in [0.5, 0.6) is 5.75 Å². The molecule has 0 unspecified atom stereocenters. The first kappa shape index (κ1) is 21.3. The molecule has 0 amide bonds. The van der Waals surface area contributed by atoms with Crippen molar-refractivity contribution < 1.29 is 9.66 Å². The van der Waals surface area contributed by atoms with Gasteiger partial charge in [0.1, 0.15) is 18.1 Å². The van der Waals surface area contributed by atoms with Gasteiger partial charge in [0.25, 0.3) is 0 Å². The largest absolute Gasteiger partial charge is 0.488 e. The third-order valence-corrected chi connectivity index (χ3v) is 5.29. The first-order valence-electron chi connectivity index (χ1n) is 9.50. The van der Waals surface area contributed by atoms with Gasteiger partial charge in [-0.25, -0.2) is 4.79 Å². The number of halogens is 1. The highest BCUT2D eigenvalue weighted by atomic mass is 79.9. The third kappa shape index (κ3) is 4.52. The number of fused-ring (bicyclic) bond motifs is 1. The van der Waals surface area contributed by atoms with Gasteiger partial charge >= 0.3 is 16.9 Å². The van der Waals surface area contributed by atoms with Crippen LogP contribution in [0.25, 0.3) is 22.9 Å². The number of aromatic amines is 2. The lowest BCUT2D eigenvalue weighted by molar-refractivity contribution is -0.386. The summed E-state index contributed by atoms with van der Waals surface area (Å²) in [6.45, 7) is 0.311. The highest BCUT2D eigenvalue weighted by molar-refractivity contribution is 9.10. The zero-order chi connectivity index (χ0) is 22.7. The summed E-state index contributed by atoms with van der Waals surface area (Å²) in [5, 5.41) is 13.4. The molecule has 0 saturated carbocycles. The Morgan fingerprint density at radius 2 is 1.78 bits per heavy atom. The number of ether oxygens (including phenoxy) is 1. The summed E-state index contributed by atoms with van der Waals surface area (Å²) in [5.74, 6) is 0.534. The van der Waals surface area contributed by atoms with Gasteiger partial charge in [-0.1, -0.05) is 58.4 Å². The first-order chi connectivity index (χ1) is 15.4. The number of nitrogens with one attached hydrogen (secondary N) is 2. The molecule has 0 radical (unpaired) electrons. The zero-order valence-corrected chi connectivity index (χ0v) is 18.1. The monoisotopic (exact) mass is 493 g/mol. The maximum Gasteiger partial charge on any atom is 0.357 e. The van der Waals surface area contributed by atoms with Gasteiger partial charge in [0.15, 0.2) is 0 Å². The molecule has 0 atom stereocenters. The second kappa shape index (κ2) is 9.03. The molecule has 0 aliphatic carbocycles. The fraction of sp³-hybridized carbons (Fsp3) is 0.0435. The van der Waals surface area contributed by atoms with Crippen LogP contribution in [0.1, 0.15) is 16.8 Å². The van der Waals surface area contributed by atoms with Crippen molar-refractivity contribution in [1.82, 2.24) is 9.97 Å². The number of H-pyrrole nitrogens is 2. The molecular formula is C23H16BrN3O5. The van der Waals surface area contributed by atoms with Crippen molar-refractivity contribution in [3.63, 3.8) is 0 Å². The molecule has 160 valence electrons. The van der Waals surface area contributed by atoms with Gasteiger partial charge in [0, 0.05) is 10.0 Å². The Labute approximate surface area is 189 Å². The minimum absolute atomic E-state index is 0.205. The van der Waals surface area contributed by atoms with Crippen molar-refractivity contribution in [3.8, 4) is 5.75 Å². The lowest BCUT2D eigenvalue weighted by Crippen LogP contribution is -2.25. The van der Waals surface area contributed by atoms with E-state index in [-0.39, 0.29) is 5.69 Å². The van der Waals surface area contributed by atoms with Crippen LogP contribution in [0.3, 0.4) is 0 Å². The second-order valence-corrected chi connectivity index (χ2v) is 7.79. The van der Waals surface area contributed by atoms with Crippen LogP contribution in [0.2, 0.25) is 0 Å². The fourth-order valence-corrected chi connectivity index (χ4v) is 3.71. The highest BCUT2D eigenvalue weighted by Gasteiger charge is 2.19. The van der Waals surface area contributed by atoms with Crippen LogP contribution in [-0.2, 0) is 6.61 Å². The molecule has 32 heavy (non-hydrogen) atoms. The molecule has 4 rings (SSSR count). The summed E-state index contributed by atoms with van der Waals surface area (Å²) in [4.78, 5) is 38.0. The Kier molecular flexibility index (Phi) is 6.00. The Balaban J connectivity index is 1.67. The van der Waals surface area contributed by atoms with Gasteiger partial charge in [0.2, 0.25) is 0 Å². The van der Waals surface area contributed by atoms with Crippen LogP contribution >= 0.6 is 15.9 Å². The summed E-state index contributed by atoms with van der Waals surface area (Å²) in [7, 11) is 0. The third-order valence-electron chi connectivity index (χ3n) is 4.79. The topological polar surface area (TPSA) is 118 Å². The smallest absolute Gasteiger partial charge is 0.357 e. The quantitative estimate of drug-likeness (QED) is 0.299. The van der Waals surface area contributed by atoms with Crippen LogP contribution in [-0.4, -0.2) is 14.9 Å². The highest BCUT2D eigenvalue weighted by Crippen LogP contribution is 2.28. The Morgan fingerprint density at radius 3 is 2.59 bits per heavy atom. The molecule has 2 N–H and O–H groups in total. The van der Waals surface area contributed by atoms with E-state index in [0.717, 1.165) is 20.8 Å².